The van der Waals surface area contributed by atoms with E-state index >= 15 is 0 Å². The molecule has 2 aromatic rings. The first kappa shape index (κ1) is 14.2. The molecule has 0 N–H and O–H groups in total. The number of nitriles is 1. The van der Waals surface area contributed by atoms with Gasteiger partial charge < -0.3 is 4.57 Å². The van der Waals surface area contributed by atoms with Gasteiger partial charge in [-0.15, -0.1) is 10.2 Å². The summed E-state index contributed by atoms with van der Waals surface area (Å²) in [5.41, 5.74) is 0.708. The van der Waals surface area contributed by atoms with E-state index in [9.17, 15) is 10.1 Å². The molecule has 0 saturated heterocycles. The molecular formula is C15H15N5O2. The average molecular weight is 297 g/mol. The summed E-state index contributed by atoms with van der Waals surface area (Å²) in [5.74, 6) is 0.815. The predicted octanol–water partition coefficient (Wildman–Crippen LogP) is 2.14. The van der Waals surface area contributed by atoms with Gasteiger partial charge in [0.15, 0.2) is 0 Å². The fourth-order valence-corrected chi connectivity index (χ4v) is 3.18. The number of nitro benzene ring substituents is 1. The van der Waals surface area contributed by atoms with E-state index in [-0.39, 0.29) is 21.9 Å². The maximum Gasteiger partial charge on any atom is 0.269 e. The molecule has 0 atom stereocenters. The largest absolute Gasteiger partial charge is 0.321 e. The molecule has 1 aliphatic carbocycles. The van der Waals surface area contributed by atoms with Crippen molar-refractivity contribution in [1.82, 2.24) is 14.8 Å². The molecular weight excluding hydrogens is 282 g/mol. The molecule has 1 aromatic carbocycles. The summed E-state index contributed by atoms with van der Waals surface area (Å²) in [4.78, 5) is 10.6. The van der Waals surface area contributed by atoms with Gasteiger partial charge in [-0.2, -0.15) is 5.26 Å². The molecule has 7 nitrogen and oxygen atoms in total. The number of hydrogen-bond donors (Lipinski definition) is 0. The minimum Gasteiger partial charge on any atom is -0.321 e. The lowest BCUT2D eigenvalue weighted by Gasteiger charge is -2.45. The predicted molar refractivity (Wildman–Crippen MR) is 77.8 cm³/mol. The van der Waals surface area contributed by atoms with E-state index in [1.54, 1.807) is 18.5 Å². The van der Waals surface area contributed by atoms with E-state index < -0.39 is 0 Å². The highest BCUT2D eigenvalue weighted by Crippen LogP contribution is 2.50. The molecule has 112 valence electrons. The molecule has 0 unspecified atom stereocenters. The highest BCUT2D eigenvalue weighted by molar-refractivity contribution is 5.41. The second-order valence-electron chi connectivity index (χ2n) is 5.86. The van der Waals surface area contributed by atoms with Crippen molar-refractivity contribution in [2.75, 3.05) is 0 Å². The summed E-state index contributed by atoms with van der Waals surface area (Å²) in [6, 6.07) is 8.98. The first-order valence-electron chi connectivity index (χ1n) is 7.01. The van der Waals surface area contributed by atoms with Crippen molar-refractivity contribution in [3.63, 3.8) is 0 Å². The van der Waals surface area contributed by atoms with Crippen LogP contribution in [0.3, 0.4) is 0 Å². The zero-order valence-corrected chi connectivity index (χ0v) is 12.1. The molecule has 1 fully saturated rings. The first-order valence-corrected chi connectivity index (χ1v) is 7.01. The zero-order valence-electron chi connectivity index (χ0n) is 12.1. The Morgan fingerprint density at radius 1 is 1.55 bits per heavy atom. The smallest absolute Gasteiger partial charge is 0.269 e. The van der Waals surface area contributed by atoms with E-state index in [0.717, 1.165) is 11.4 Å². The third kappa shape index (κ3) is 2.33. The Morgan fingerprint density at radius 3 is 2.91 bits per heavy atom. The van der Waals surface area contributed by atoms with Gasteiger partial charge in [0, 0.05) is 36.9 Å². The molecule has 0 radical (unpaired) electrons. The van der Waals surface area contributed by atoms with Crippen molar-refractivity contribution in [3.05, 3.63) is 52.1 Å². The summed E-state index contributed by atoms with van der Waals surface area (Å²) in [6.07, 6.45) is 3.65. The first-order chi connectivity index (χ1) is 10.5. The van der Waals surface area contributed by atoms with Crippen LogP contribution in [0.15, 0.2) is 30.6 Å². The van der Waals surface area contributed by atoms with Crippen LogP contribution >= 0.6 is 0 Å². The molecule has 1 aliphatic rings. The van der Waals surface area contributed by atoms with Crippen molar-refractivity contribution >= 4 is 5.69 Å². The minimum absolute atomic E-state index is 0.00695. The highest BCUT2D eigenvalue weighted by atomic mass is 16.6. The maximum absolute atomic E-state index is 11.0. The number of non-ortho nitro benzene ring substituents is 1. The highest BCUT2D eigenvalue weighted by Gasteiger charge is 2.47. The topological polar surface area (TPSA) is 97.6 Å². The quantitative estimate of drug-likeness (QED) is 0.636. The second-order valence-corrected chi connectivity index (χ2v) is 5.86. The lowest BCUT2D eigenvalue weighted by molar-refractivity contribution is -0.385. The molecule has 7 heteroatoms. The molecule has 3 rings (SSSR count). The van der Waals surface area contributed by atoms with Gasteiger partial charge >= 0.3 is 0 Å². The number of aryl methyl sites for hydroxylation is 1. The van der Waals surface area contributed by atoms with Gasteiger partial charge in [-0.25, -0.2) is 0 Å². The standard InChI is InChI=1S/C15H15N5O2/c1-19-10-17-18-14(19)8-15(6-11(7-15)9-16)12-3-2-4-13(5-12)20(21)22/h2-5,10-11H,6-8H2,1H3. The van der Waals surface area contributed by atoms with Crippen molar-refractivity contribution in [1.29, 1.82) is 5.26 Å². The van der Waals surface area contributed by atoms with Gasteiger partial charge in [-0.3, -0.25) is 10.1 Å². The summed E-state index contributed by atoms with van der Waals surface area (Å²) < 4.78 is 1.85. The van der Waals surface area contributed by atoms with E-state index in [1.165, 1.54) is 6.07 Å². The fourth-order valence-electron chi connectivity index (χ4n) is 3.18. The molecule has 0 amide bonds. The lowest BCUT2D eigenvalue weighted by atomic mass is 9.57. The van der Waals surface area contributed by atoms with Crippen LogP contribution in [0.2, 0.25) is 0 Å². The monoisotopic (exact) mass is 297 g/mol. The van der Waals surface area contributed by atoms with Crippen LogP contribution in [0.5, 0.6) is 0 Å². The Morgan fingerprint density at radius 2 is 2.32 bits per heavy atom. The van der Waals surface area contributed by atoms with Gasteiger partial charge in [0.2, 0.25) is 0 Å². The Bertz CT molecular complexity index is 755. The Labute approximate surface area is 127 Å². The minimum atomic E-state index is -0.389. The fraction of sp³-hybridized carbons (Fsp3) is 0.400. The molecule has 0 bridgehead atoms. The molecule has 22 heavy (non-hydrogen) atoms. The number of nitro groups is 1. The van der Waals surface area contributed by atoms with Gasteiger partial charge in [-0.05, 0) is 18.4 Å². The van der Waals surface area contributed by atoms with Crippen molar-refractivity contribution in [2.24, 2.45) is 13.0 Å². The summed E-state index contributed by atoms with van der Waals surface area (Å²) in [7, 11) is 1.87. The second kappa shape index (κ2) is 5.22. The Hall–Kier alpha value is -2.75. The Balaban J connectivity index is 1.97. The Kier molecular flexibility index (Phi) is 3.37. The number of hydrogen-bond acceptors (Lipinski definition) is 5. The third-order valence-electron chi connectivity index (χ3n) is 4.43. The lowest BCUT2D eigenvalue weighted by Crippen LogP contribution is -2.43. The van der Waals surface area contributed by atoms with Crippen LogP contribution in [-0.4, -0.2) is 19.7 Å². The molecule has 1 saturated carbocycles. The van der Waals surface area contributed by atoms with Gasteiger partial charge in [0.1, 0.15) is 12.2 Å². The van der Waals surface area contributed by atoms with Gasteiger partial charge in [0.25, 0.3) is 5.69 Å². The summed E-state index contributed by atoms with van der Waals surface area (Å²) in [5, 5.41) is 28.1. The number of nitrogens with zero attached hydrogens (tertiary/aromatic N) is 5. The van der Waals surface area contributed by atoms with Crippen LogP contribution in [0, 0.1) is 27.4 Å². The van der Waals surface area contributed by atoms with E-state index in [4.69, 9.17) is 5.26 Å². The van der Waals surface area contributed by atoms with E-state index in [1.807, 2.05) is 17.7 Å². The normalized spacial score (nSPS) is 23.5. The summed E-state index contributed by atoms with van der Waals surface area (Å²) >= 11 is 0. The van der Waals surface area contributed by atoms with Crippen LogP contribution < -0.4 is 0 Å². The van der Waals surface area contributed by atoms with Gasteiger partial charge in [-0.1, -0.05) is 12.1 Å². The van der Waals surface area contributed by atoms with Crippen LogP contribution in [0.1, 0.15) is 24.2 Å². The van der Waals surface area contributed by atoms with Crippen LogP contribution in [-0.2, 0) is 18.9 Å². The van der Waals surface area contributed by atoms with Crippen molar-refractivity contribution in [2.45, 2.75) is 24.7 Å². The van der Waals surface area contributed by atoms with Crippen molar-refractivity contribution < 1.29 is 4.92 Å². The molecule has 0 aliphatic heterocycles. The van der Waals surface area contributed by atoms with Gasteiger partial charge in [0.05, 0.1) is 11.0 Å². The van der Waals surface area contributed by atoms with Crippen LogP contribution in [0.4, 0.5) is 5.69 Å². The van der Waals surface area contributed by atoms with E-state index in [0.29, 0.717) is 19.3 Å². The average Bonchev–Trinajstić information content (AvgIpc) is 2.87. The summed E-state index contributed by atoms with van der Waals surface area (Å²) in [6.45, 7) is 0. The third-order valence-corrected chi connectivity index (χ3v) is 4.43. The number of aromatic nitrogens is 3. The molecule has 1 heterocycles. The number of benzene rings is 1. The maximum atomic E-state index is 11.0. The molecule has 1 aromatic heterocycles. The number of rotatable bonds is 4. The van der Waals surface area contributed by atoms with E-state index in [2.05, 4.69) is 16.3 Å². The SMILES string of the molecule is Cn1cnnc1CC1(c2cccc([N+](=O)[O-])c2)CC(C#N)C1. The zero-order chi connectivity index (χ0) is 15.7. The van der Waals surface area contributed by atoms with Crippen molar-refractivity contribution in [3.8, 4) is 6.07 Å². The molecule has 0 spiro atoms. The van der Waals surface area contributed by atoms with Crippen LogP contribution in [0.25, 0.3) is 0 Å².